The van der Waals surface area contributed by atoms with Crippen LogP contribution in [0, 0.1) is 0 Å². The van der Waals surface area contributed by atoms with E-state index in [1.54, 1.807) is 12.1 Å². The Kier molecular flexibility index (Phi) is 3.11. The third-order valence-electron chi connectivity index (χ3n) is 1.53. The summed E-state index contributed by atoms with van der Waals surface area (Å²) in [5.41, 5.74) is 1.72. The molecule has 0 radical (unpaired) electrons. The van der Waals surface area contributed by atoms with Gasteiger partial charge < -0.3 is 9.90 Å². The molecule has 0 heterocycles. The highest BCUT2D eigenvalue weighted by Crippen LogP contribution is 2.06. The number of hydrogen-bond acceptors (Lipinski definition) is 2. The van der Waals surface area contributed by atoms with Gasteiger partial charge in [0.05, 0.1) is 0 Å². The molecular formula is C9H8ClO2-. The molecule has 1 aromatic rings. The smallest absolute Gasteiger partial charge is 0.0474 e. The maximum atomic E-state index is 10.2. The van der Waals surface area contributed by atoms with Gasteiger partial charge in [-0.3, -0.25) is 0 Å². The molecule has 0 atom stereocenters. The minimum absolute atomic E-state index is 0.0391. The highest BCUT2D eigenvalue weighted by atomic mass is 35.5. The van der Waals surface area contributed by atoms with Gasteiger partial charge in [0.25, 0.3) is 0 Å². The zero-order valence-electron chi connectivity index (χ0n) is 6.42. The summed E-state index contributed by atoms with van der Waals surface area (Å²) in [5, 5.41) is 10.2. The lowest BCUT2D eigenvalue weighted by molar-refractivity contribution is -0.304. The van der Waals surface area contributed by atoms with Crippen molar-refractivity contribution in [2.75, 3.05) is 0 Å². The van der Waals surface area contributed by atoms with Crippen LogP contribution in [0.3, 0.4) is 0 Å². The van der Waals surface area contributed by atoms with Crippen molar-refractivity contribution >= 4 is 17.6 Å². The molecule has 0 saturated carbocycles. The molecule has 0 fully saturated rings. The van der Waals surface area contributed by atoms with E-state index in [0.29, 0.717) is 5.88 Å². The van der Waals surface area contributed by atoms with Crippen LogP contribution in [0.2, 0.25) is 0 Å². The Morgan fingerprint density at radius 1 is 1.25 bits per heavy atom. The number of carbonyl (C=O) groups is 1. The van der Waals surface area contributed by atoms with E-state index in [2.05, 4.69) is 0 Å². The van der Waals surface area contributed by atoms with E-state index in [9.17, 15) is 9.90 Å². The molecule has 0 N–H and O–H groups in total. The van der Waals surface area contributed by atoms with Crippen LogP contribution < -0.4 is 5.11 Å². The van der Waals surface area contributed by atoms with E-state index in [1.165, 1.54) is 0 Å². The second-order valence-electron chi connectivity index (χ2n) is 2.50. The first-order valence-electron chi connectivity index (χ1n) is 3.56. The largest absolute Gasteiger partial charge is 0.550 e. The summed E-state index contributed by atoms with van der Waals surface area (Å²) in [6.07, 6.45) is -0.0391. The van der Waals surface area contributed by atoms with Gasteiger partial charge in [-0.25, -0.2) is 0 Å². The lowest BCUT2D eigenvalue weighted by atomic mass is 10.1. The summed E-state index contributed by atoms with van der Waals surface area (Å²) < 4.78 is 0. The van der Waals surface area contributed by atoms with Crippen molar-refractivity contribution in [2.45, 2.75) is 12.3 Å². The summed E-state index contributed by atoms with van der Waals surface area (Å²) in [4.78, 5) is 10.2. The maximum Gasteiger partial charge on any atom is 0.0474 e. The Bertz CT molecular complexity index is 266. The van der Waals surface area contributed by atoms with Crippen molar-refractivity contribution in [2.24, 2.45) is 0 Å². The van der Waals surface area contributed by atoms with Gasteiger partial charge >= 0.3 is 0 Å². The van der Waals surface area contributed by atoms with E-state index >= 15 is 0 Å². The topological polar surface area (TPSA) is 40.1 Å². The number of hydrogen-bond donors (Lipinski definition) is 0. The predicted octanol–water partition coefficient (Wildman–Crippen LogP) is 0.718. The van der Waals surface area contributed by atoms with E-state index in [1.807, 2.05) is 12.1 Å². The predicted molar refractivity (Wildman–Crippen MR) is 44.7 cm³/mol. The van der Waals surface area contributed by atoms with Gasteiger partial charge in [0, 0.05) is 18.3 Å². The molecule has 0 spiro atoms. The van der Waals surface area contributed by atoms with E-state index in [0.717, 1.165) is 11.1 Å². The Labute approximate surface area is 75.8 Å². The van der Waals surface area contributed by atoms with Crippen LogP contribution in [-0.4, -0.2) is 5.97 Å². The second-order valence-corrected chi connectivity index (χ2v) is 2.77. The summed E-state index contributed by atoms with van der Waals surface area (Å²) in [7, 11) is 0. The number of halogens is 1. The van der Waals surface area contributed by atoms with E-state index in [-0.39, 0.29) is 6.42 Å². The monoisotopic (exact) mass is 183 g/mol. The fraction of sp³-hybridized carbons (Fsp3) is 0.222. The normalized spacial score (nSPS) is 9.75. The first kappa shape index (κ1) is 9.07. The fourth-order valence-corrected chi connectivity index (χ4v) is 1.09. The quantitative estimate of drug-likeness (QED) is 0.648. The first-order chi connectivity index (χ1) is 5.72. The van der Waals surface area contributed by atoms with Gasteiger partial charge in [0.15, 0.2) is 0 Å². The number of carboxylic acids is 1. The highest BCUT2D eigenvalue weighted by molar-refractivity contribution is 6.17. The molecule has 1 aromatic carbocycles. The van der Waals surface area contributed by atoms with Crippen LogP contribution in [0.25, 0.3) is 0 Å². The van der Waals surface area contributed by atoms with Crippen molar-refractivity contribution in [3.05, 3.63) is 35.4 Å². The summed E-state index contributed by atoms with van der Waals surface area (Å²) in [6.45, 7) is 0. The third-order valence-corrected chi connectivity index (χ3v) is 1.83. The van der Waals surface area contributed by atoms with Crippen molar-refractivity contribution in [1.82, 2.24) is 0 Å². The molecular weight excluding hydrogens is 176 g/mol. The molecule has 64 valence electrons. The van der Waals surface area contributed by atoms with Gasteiger partial charge in [0.1, 0.15) is 0 Å². The fourth-order valence-electron chi connectivity index (χ4n) is 0.913. The zero-order valence-corrected chi connectivity index (χ0v) is 7.17. The zero-order chi connectivity index (χ0) is 8.97. The molecule has 2 nitrogen and oxygen atoms in total. The minimum Gasteiger partial charge on any atom is -0.550 e. The number of aliphatic carboxylic acids is 1. The molecule has 0 aliphatic heterocycles. The molecule has 3 heteroatoms. The van der Waals surface area contributed by atoms with Gasteiger partial charge in [-0.05, 0) is 11.1 Å². The van der Waals surface area contributed by atoms with Crippen LogP contribution in [0.4, 0.5) is 0 Å². The summed E-state index contributed by atoms with van der Waals surface area (Å²) >= 11 is 5.56. The van der Waals surface area contributed by atoms with Gasteiger partial charge in [-0.1, -0.05) is 24.3 Å². The van der Waals surface area contributed by atoms with Gasteiger partial charge in [-0.15, -0.1) is 11.6 Å². The van der Waals surface area contributed by atoms with Crippen LogP contribution in [0.5, 0.6) is 0 Å². The van der Waals surface area contributed by atoms with Crippen LogP contribution in [-0.2, 0) is 17.1 Å². The average Bonchev–Trinajstić information content (AvgIpc) is 2.05. The molecule has 0 saturated heterocycles. The molecule has 0 aliphatic carbocycles. The molecule has 12 heavy (non-hydrogen) atoms. The SMILES string of the molecule is O=C([O-])Cc1ccc(CCl)cc1. The van der Waals surface area contributed by atoms with Crippen LogP contribution in [0.1, 0.15) is 11.1 Å². The molecule has 0 bridgehead atoms. The molecule has 1 rings (SSSR count). The van der Waals surface area contributed by atoms with Crippen molar-refractivity contribution in [3.8, 4) is 0 Å². The number of carboxylic acid groups (broad SMARTS) is 1. The van der Waals surface area contributed by atoms with Crippen molar-refractivity contribution < 1.29 is 9.90 Å². The molecule has 0 amide bonds. The summed E-state index contributed by atoms with van der Waals surface area (Å²) in [5.74, 6) is -0.611. The number of alkyl halides is 1. The average molecular weight is 184 g/mol. The van der Waals surface area contributed by atoms with Crippen LogP contribution in [0.15, 0.2) is 24.3 Å². The van der Waals surface area contributed by atoms with E-state index in [4.69, 9.17) is 11.6 Å². The van der Waals surface area contributed by atoms with Crippen molar-refractivity contribution in [3.63, 3.8) is 0 Å². The van der Waals surface area contributed by atoms with Gasteiger partial charge in [-0.2, -0.15) is 0 Å². The maximum absolute atomic E-state index is 10.2. The standard InChI is InChI=1S/C9H9ClO2/c10-6-8-3-1-7(2-4-8)5-9(11)12/h1-4H,5-6H2,(H,11,12)/p-1. The Morgan fingerprint density at radius 2 is 1.75 bits per heavy atom. The van der Waals surface area contributed by atoms with Crippen LogP contribution >= 0.6 is 11.6 Å². The second kappa shape index (κ2) is 4.12. The highest BCUT2D eigenvalue weighted by Gasteiger charge is 1.93. The first-order valence-corrected chi connectivity index (χ1v) is 4.09. The number of rotatable bonds is 3. The number of benzene rings is 1. The van der Waals surface area contributed by atoms with E-state index < -0.39 is 5.97 Å². The Hall–Kier alpha value is -1.02. The number of carbonyl (C=O) groups excluding carboxylic acids is 1. The molecule has 0 unspecified atom stereocenters. The Morgan fingerprint density at radius 3 is 2.17 bits per heavy atom. The minimum atomic E-state index is -1.06. The Balaban J connectivity index is 2.71. The molecule has 0 aliphatic rings. The molecule has 0 aromatic heterocycles. The lowest BCUT2D eigenvalue weighted by Crippen LogP contribution is -2.24. The van der Waals surface area contributed by atoms with Gasteiger partial charge in [0.2, 0.25) is 0 Å². The summed E-state index contributed by atoms with van der Waals surface area (Å²) in [6, 6.07) is 7.11. The lowest BCUT2D eigenvalue weighted by Gasteiger charge is -2.02. The van der Waals surface area contributed by atoms with Crippen molar-refractivity contribution in [1.29, 1.82) is 0 Å². The third kappa shape index (κ3) is 2.55.